The van der Waals surface area contributed by atoms with E-state index in [0.717, 1.165) is 12.1 Å². The van der Waals surface area contributed by atoms with Gasteiger partial charge in [0.1, 0.15) is 17.5 Å². The van der Waals surface area contributed by atoms with Crippen molar-refractivity contribution in [2.45, 2.75) is 12.0 Å². The van der Waals surface area contributed by atoms with Crippen LogP contribution in [0.5, 0.6) is 0 Å². The second-order valence-electron chi connectivity index (χ2n) is 4.62. The maximum Gasteiger partial charge on any atom is 0.133 e. The van der Waals surface area contributed by atoms with Gasteiger partial charge in [-0.15, -0.1) is 0 Å². The average molecular weight is 360 g/mol. The minimum atomic E-state index is -1.46. The molecular formula is C15H13BrF3NO. The predicted molar refractivity (Wildman–Crippen MR) is 77.2 cm³/mol. The van der Waals surface area contributed by atoms with Crippen molar-refractivity contribution in [1.29, 1.82) is 0 Å². The Bertz CT molecular complexity index is 610. The van der Waals surface area contributed by atoms with Crippen molar-refractivity contribution in [2.75, 3.05) is 6.54 Å². The van der Waals surface area contributed by atoms with Crippen molar-refractivity contribution in [2.24, 2.45) is 5.73 Å². The zero-order chi connectivity index (χ0) is 15.6. The van der Waals surface area contributed by atoms with Gasteiger partial charge in [0.05, 0.1) is 11.7 Å². The van der Waals surface area contributed by atoms with Crippen LogP contribution in [0.2, 0.25) is 0 Å². The SMILES string of the molecule is NCC(c1ccc(F)cc1)C(O)c1c(F)cc(Br)cc1F. The van der Waals surface area contributed by atoms with Gasteiger partial charge in [0.15, 0.2) is 0 Å². The quantitative estimate of drug-likeness (QED) is 0.875. The molecule has 0 saturated heterocycles. The molecule has 2 atom stereocenters. The Hall–Kier alpha value is -1.37. The molecule has 2 aromatic rings. The Morgan fingerprint density at radius 2 is 1.57 bits per heavy atom. The molecule has 0 bridgehead atoms. The van der Waals surface area contributed by atoms with Crippen molar-refractivity contribution in [1.82, 2.24) is 0 Å². The highest BCUT2D eigenvalue weighted by atomic mass is 79.9. The molecule has 0 fully saturated rings. The summed E-state index contributed by atoms with van der Waals surface area (Å²) in [6, 6.07) is 7.42. The molecule has 0 aliphatic heterocycles. The molecule has 0 aromatic heterocycles. The van der Waals surface area contributed by atoms with Gasteiger partial charge in [-0.05, 0) is 29.8 Å². The third-order valence-electron chi connectivity index (χ3n) is 3.27. The molecule has 2 rings (SSSR count). The van der Waals surface area contributed by atoms with E-state index in [1.165, 1.54) is 24.3 Å². The van der Waals surface area contributed by atoms with Gasteiger partial charge in [0.2, 0.25) is 0 Å². The van der Waals surface area contributed by atoms with E-state index >= 15 is 0 Å². The summed E-state index contributed by atoms with van der Waals surface area (Å²) in [5, 5.41) is 10.3. The third-order valence-corrected chi connectivity index (χ3v) is 3.73. The number of nitrogens with two attached hydrogens (primary N) is 1. The van der Waals surface area contributed by atoms with Gasteiger partial charge in [0, 0.05) is 16.9 Å². The standard InChI is InChI=1S/C15H13BrF3NO/c16-9-5-12(18)14(13(19)6-9)15(21)11(7-20)8-1-3-10(17)4-2-8/h1-6,11,15,21H,7,20H2. The minimum absolute atomic E-state index is 0.0399. The molecule has 2 unspecified atom stereocenters. The lowest BCUT2D eigenvalue weighted by atomic mass is 9.88. The molecule has 0 heterocycles. The summed E-state index contributed by atoms with van der Waals surface area (Å²) in [6.45, 7) is -0.0399. The fourth-order valence-corrected chi connectivity index (χ4v) is 2.60. The molecule has 0 aliphatic rings. The van der Waals surface area contributed by atoms with Crippen molar-refractivity contribution >= 4 is 15.9 Å². The van der Waals surface area contributed by atoms with Gasteiger partial charge >= 0.3 is 0 Å². The number of aliphatic hydroxyl groups is 1. The Morgan fingerprint density at radius 1 is 1.05 bits per heavy atom. The molecule has 21 heavy (non-hydrogen) atoms. The van der Waals surface area contributed by atoms with Crippen molar-refractivity contribution < 1.29 is 18.3 Å². The first kappa shape index (κ1) is 16.0. The third kappa shape index (κ3) is 3.45. The molecule has 0 aliphatic carbocycles. The van der Waals surface area contributed by atoms with Crippen molar-refractivity contribution in [3.63, 3.8) is 0 Å². The largest absolute Gasteiger partial charge is 0.388 e. The topological polar surface area (TPSA) is 46.2 Å². The maximum atomic E-state index is 13.9. The second-order valence-corrected chi connectivity index (χ2v) is 5.54. The number of benzene rings is 2. The summed E-state index contributed by atoms with van der Waals surface area (Å²) in [5.41, 5.74) is 5.66. The molecular weight excluding hydrogens is 347 g/mol. The zero-order valence-electron chi connectivity index (χ0n) is 10.9. The monoisotopic (exact) mass is 359 g/mol. The van der Waals surface area contributed by atoms with Crippen LogP contribution in [0, 0.1) is 17.5 Å². The first-order valence-corrected chi connectivity index (χ1v) is 7.01. The number of hydrogen-bond donors (Lipinski definition) is 2. The zero-order valence-corrected chi connectivity index (χ0v) is 12.4. The number of hydrogen-bond acceptors (Lipinski definition) is 2. The summed E-state index contributed by atoms with van der Waals surface area (Å²) >= 11 is 2.98. The highest BCUT2D eigenvalue weighted by Crippen LogP contribution is 2.34. The van der Waals surface area contributed by atoms with Crippen LogP contribution in [0.25, 0.3) is 0 Å². The van der Waals surface area contributed by atoms with E-state index in [-0.39, 0.29) is 11.0 Å². The van der Waals surface area contributed by atoms with E-state index < -0.39 is 35.0 Å². The molecule has 6 heteroatoms. The molecule has 0 saturated carbocycles. The lowest BCUT2D eigenvalue weighted by Crippen LogP contribution is -2.22. The highest BCUT2D eigenvalue weighted by molar-refractivity contribution is 9.10. The molecule has 0 amide bonds. The first-order chi connectivity index (χ1) is 9.93. The van der Waals surface area contributed by atoms with Crippen LogP contribution < -0.4 is 5.73 Å². The number of aliphatic hydroxyl groups excluding tert-OH is 1. The van der Waals surface area contributed by atoms with E-state index in [1.54, 1.807) is 0 Å². The molecule has 3 N–H and O–H groups in total. The van der Waals surface area contributed by atoms with Crippen LogP contribution >= 0.6 is 15.9 Å². The lowest BCUT2D eigenvalue weighted by molar-refractivity contribution is 0.138. The summed E-state index contributed by atoms with van der Waals surface area (Å²) in [4.78, 5) is 0. The van der Waals surface area contributed by atoms with Crippen LogP contribution in [-0.4, -0.2) is 11.7 Å². The van der Waals surface area contributed by atoms with Crippen molar-refractivity contribution in [3.05, 3.63) is 69.4 Å². The Balaban J connectivity index is 2.41. The Kier molecular flexibility index (Phi) is 5.03. The summed E-state index contributed by atoms with van der Waals surface area (Å²) in [6.07, 6.45) is -1.46. The fourth-order valence-electron chi connectivity index (χ4n) is 2.19. The van der Waals surface area contributed by atoms with Gasteiger partial charge in [0.25, 0.3) is 0 Å². The Morgan fingerprint density at radius 3 is 2.05 bits per heavy atom. The van der Waals surface area contributed by atoms with E-state index in [4.69, 9.17) is 5.73 Å². The molecule has 0 radical (unpaired) electrons. The van der Waals surface area contributed by atoms with E-state index in [9.17, 15) is 18.3 Å². The van der Waals surface area contributed by atoms with Gasteiger partial charge in [-0.3, -0.25) is 0 Å². The smallest absolute Gasteiger partial charge is 0.133 e. The summed E-state index contributed by atoms with van der Waals surface area (Å²) in [5.74, 6) is -2.91. The van der Waals surface area contributed by atoms with Crippen LogP contribution in [0.1, 0.15) is 23.1 Å². The second kappa shape index (κ2) is 6.60. The van der Waals surface area contributed by atoms with Gasteiger partial charge < -0.3 is 10.8 Å². The van der Waals surface area contributed by atoms with E-state index in [1.807, 2.05) is 0 Å². The van der Waals surface area contributed by atoms with Gasteiger partial charge in [-0.2, -0.15) is 0 Å². The van der Waals surface area contributed by atoms with Crippen LogP contribution in [-0.2, 0) is 0 Å². The fraction of sp³-hybridized carbons (Fsp3) is 0.200. The van der Waals surface area contributed by atoms with Gasteiger partial charge in [-0.1, -0.05) is 28.1 Å². The normalized spacial score (nSPS) is 14.0. The van der Waals surface area contributed by atoms with E-state index in [0.29, 0.717) is 5.56 Å². The Labute approximate surface area is 128 Å². The number of halogens is 4. The molecule has 2 aromatic carbocycles. The van der Waals surface area contributed by atoms with E-state index in [2.05, 4.69) is 15.9 Å². The molecule has 112 valence electrons. The molecule has 0 spiro atoms. The van der Waals surface area contributed by atoms with Crippen LogP contribution in [0.3, 0.4) is 0 Å². The van der Waals surface area contributed by atoms with Crippen LogP contribution in [0.4, 0.5) is 13.2 Å². The highest BCUT2D eigenvalue weighted by Gasteiger charge is 2.27. The molecule has 2 nitrogen and oxygen atoms in total. The van der Waals surface area contributed by atoms with Crippen molar-refractivity contribution in [3.8, 4) is 0 Å². The lowest BCUT2D eigenvalue weighted by Gasteiger charge is -2.23. The summed E-state index contributed by atoms with van der Waals surface area (Å²) in [7, 11) is 0. The summed E-state index contributed by atoms with van der Waals surface area (Å²) < 4.78 is 41.0. The maximum absolute atomic E-state index is 13.9. The minimum Gasteiger partial charge on any atom is -0.388 e. The predicted octanol–water partition coefficient (Wildman–Crippen LogP) is 3.64. The average Bonchev–Trinajstić information content (AvgIpc) is 2.40. The number of rotatable bonds is 4. The van der Waals surface area contributed by atoms with Gasteiger partial charge in [-0.25, -0.2) is 13.2 Å². The van der Waals surface area contributed by atoms with Crippen LogP contribution in [0.15, 0.2) is 40.9 Å². The first-order valence-electron chi connectivity index (χ1n) is 6.22.